The SMILES string of the molecule is C=C(C)C(=O)OCCOC(=O)CC(C)=O.C=C(C)C(=O)OCCOC(C)=O. The van der Waals surface area contributed by atoms with Crippen LogP contribution < -0.4 is 0 Å². The average molecular weight is 386 g/mol. The summed E-state index contributed by atoms with van der Waals surface area (Å²) in [6.07, 6.45) is -0.256. The van der Waals surface area contributed by atoms with Gasteiger partial charge in [-0.25, -0.2) is 9.59 Å². The third-order valence-electron chi connectivity index (χ3n) is 2.29. The summed E-state index contributed by atoms with van der Waals surface area (Å²) in [4.78, 5) is 53.1. The number of carbonyl (C=O) groups excluding carboxylic acids is 5. The minimum absolute atomic E-state index is 0.0324. The molecule has 0 fully saturated rings. The third-order valence-corrected chi connectivity index (χ3v) is 2.29. The van der Waals surface area contributed by atoms with Crippen molar-refractivity contribution in [3.8, 4) is 0 Å². The number of ketones is 1. The van der Waals surface area contributed by atoms with Crippen molar-refractivity contribution in [2.24, 2.45) is 0 Å². The highest BCUT2D eigenvalue weighted by Crippen LogP contribution is 1.93. The lowest BCUT2D eigenvalue weighted by molar-refractivity contribution is -0.151. The zero-order chi connectivity index (χ0) is 21.4. The molecule has 0 aliphatic heterocycles. The smallest absolute Gasteiger partial charge is 0.333 e. The second-order valence-corrected chi connectivity index (χ2v) is 5.27. The van der Waals surface area contributed by atoms with Gasteiger partial charge < -0.3 is 18.9 Å². The maximum Gasteiger partial charge on any atom is 0.333 e. The van der Waals surface area contributed by atoms with Crippen LogP contribution in [0.15, 0.2) is 24.3 Å². The first-order chi connectivity index (χ1) is 12.5. The molecule has 0 N–H and O–H groups in total. The van der Waals surface area contributed by atoms with Crippen molar-refractivity contribution >= 4 is 29.7 Å². The summed E-state index contributed by atoms with van der Waals surface area (Å²) in [6, 6.07) is 0. The van der Waals surface area contributed by atoms with E-state index in [1.165, 1.54) is 20.8 Å². The van der Waals surface area contributed by atoms with E-state index in [9.17, 15) is 24.0 Å². The number of ether oxygens (including phenoxy) is 4. The number of hydrogen-bond donors (Lipinski definition) is 0. The van der Waals surface area contributed by atoms with Crippen molar-refractivity contribution in [2.75, 3.05) is 26.4 Å². The van der Waals surface area contributed by atoms with Gasteiger partial charge in [0.15, 0.2) is 0 Å². The highest BCUT2D eigenvalue weighted by molar-refractivity contribution is 5.94. The van der Waals surface area contributed by atoms with Gasteiger partial charge in [-0.15, -0.1) is 0 Å². The van der Waals surface area contributed by atoms with Gasteiger partial charge in [0.25, 0.3) is 0 Å². The fraction of sp³-hybridized carbons (Fsp3) is 0.500. The predicted octanol–water partition coefficient (Wildman–Crippen LogP) is 1.30. The van der Waals surface area contributed by atoms with Crippen molar-refractivity contribution < 1.29 is 42.9 Å². The molecule has 0 saturated heterocycles. The van der Waals surface area contributed by atoms with Gasteiger partial charge in [0.2, 0.25) is 0 Å². The fourth-order valence-corrected chi connectivity index (χ4v) is 1.11. The predicted molar refractivity (Wildman–Crippen MR) is 94.4 cm³/mol. The minimum Gasteiger partial charge on any atom is -0.462 e. The van der Waals surface area contributed by atoms with Crippen LogP contribution in [-0.2, 0) is 42.9 Å². The molecule has 0 saturated carbocycles. The van der Waals surface area contributed by atoms with Gasteiger partial charge in [-0.3, -0.25) is 14.4 Å². The Kier molecular flexibility index (Phi) is 14.9. The van der Waals surface area contributed by atoms with E-state index in [1.54, 1.807) is 6.92 Å². The molecule has 9 nitrogen and oxygen atoms in total. The van der Waals surface area contributed by atoms with E-state index in [1.807, 2.05) is 0 Å². The molecular formula is C18H26O9. The summed E-state index contributed by atoms with van der Waals surface area (Å²) in [5.41, 5.74) is 0.614. The Bertz CT molecular complexity index is 575. The van der Waals surface area contributed by atoms with E-state index >= 15 is 0 Å². The first kappa shape index (κ1) is 26.3. The van der Waals surface area contributed by atoms with E-state index in [-0.39, 0.29) is 50.2 Å². The monoisotopic (exact) mass is 386 g/mol. The average Bonchev–Trinajstić information content (AvgIpc) is 2.54. The molecule has 0 aromatic carbocycles. The van der Waals surface area contributed by atoms with Crippen LogP contribution in [0.4, 0.5) is 0 Å². The van der Waals surface area contributed by atoms with Crippen molar-refractivity contribution in [2.45, 2.75) is 34.1 Å². The quantitative estimate of drug-likeness (QED) is 0.180. The molecule has 0 aromatic heterocycles. The Morgan fingerprint density at radius 3 is 1.33 bits per heavy atom. The molecule has 9 heteroatoms. The summed E-state index contributed by atoms with van der Waals surface area (Å²) >= 11 is 0. The lowest BCUT2D eigenvalue weighted by atomic mass is 10.3. The van der Waals surface area contributed by atoms with Crippen molar-refractivity contribution in [1.29, 1.82) is 0 Å². The largest absolute Gasteiger partial charge is 0.462 e. The van der Waals surface area contributed by atoms with Gasteiger partial charge in [0.05, 0.1) is 0 Å². The zero-order valence-electron chi connectivity index (χ0n) is 16.1. The first-order valence-electron chi connectivity index (χ1n) is 7.91. The second-order valence-electron chi connectivity index (χ2n) is 5.27. The van der Waals surface area contributed by atoms with E-state index < -0.39 is 17.9 Å². The number of esters is 4. The van der Waals surface area contributed by atoms with Crippen molar-refractivity contribution in [1.82, 2.24) is 0 Å². The normalized spacial score (nSPS) is 9.04. The maximum absolute atomic E-state index is 10.8. The molecule has 0 atom stereocenters. The molecule has 0 aliphatic carbocycles. The van der Waals surface area contributed by atoms with Gasteiger partial charge in [-0.2, -0.15) is 0 Å². The molecule has 0 unspecified atom stereocenters. The summed E-state index contributed by atoms with van der Waals surface area (Å²) in [5, 5.41) is 0. The van der Waals surface area contributed by atoms with Crippen LogP contribution in [0.25, 0.3) is 0 Å². The van der Waals surface area contributed by atoms with Gasteiger partial charge in [0.1, 0.15) is 38.6 Å². The summed E-state index contributed by atoms with van der Waals surface area (Å²) in [5.74, 6) is -2.27. The fourth-order valence-electron chi connectivity index (χ4n) is 1.11. The molecule has 0 aliphatic rings. The van der Waals surface area contributed by atoms with E-state index in [0.717, 1.165) is 0 Å². The summed E-state index contributed by atoms with van der Waals surface area (Å²) in [7, 11) is 0. The van der Waals surface area contributed by atoms with E-state index in [4.69, 9.17) is 0 Å². The molecule has 0 spiro atoms. The summed E-state index contributed by atoms with van der Waals surface area (Å²) < 4.78 is 18.4. The Hall–Kier alpha value is -2.97. The standard InChI is InChI=1S/C10H14O5.C8H12O4/c1-7(2)10(13)15-5-4-14-9(12)6-8(3)11;1-6(2)8(10)12-5-4-11-7(3)9/h1,4-6H2,2-3H3;1,4-5H2,2-3H3. The molecule has 0 bridgehead atoms. The van der Waals surface area contributed by atoms with Crippen LogP contribution in [-0.4, -0.2) is 56.1 Å². The Morgan fingerprint density at radius 1 is 0.630 bits per heavy atom. The summed E-state index contributed by atoms with van der Waals surface area (Å²) in [6.45, 7) is 12.5. The number of rotatable bonds is 10. The van der Waals surface area contributed by atoms with Crippen molar-refractivity contribution in [3.63, 3.8) is 0 Å². The number of hydrogen-bond acceptors (Lipinski definition) is 9. The van der Waals surface area contributed by atoms with E-state index in [0.29, 0.717) is 5.57 Å². The molecule has 0 heterocycles. The van der Waals surface area contributed by atoms with Crippen LogP contribution in [0.3, 0.4) is 0 Å². The van der Waals surface area contributed by atoms with Crippen LogP contribution in [0.5, 0.6) is 0 Å². The van der Waals surface area contributed by atoms with Crippen LogP contribution in [0.2, 0.25) is 0 Å². The van der Waals surface area contributed by atoms with Crippen molar-refractivity contribution in [3.05, 3.63) is 24.3 Å². The van der Waals surface area contributed by atoms with Crippen LogP contribution in [0, 0.1) is 0 Å². The lowest BCUT2D eigenvalue weighted by Gasteiger charge is -2.05. The minimum atomic E-state index is -0.617. The molecule has 0 aromatic rings. The van der Waals surface area contributed by atoms with Crippen LogP contribution in [0.1, 0.15) is 34.1 Å². The lowest BCUT2D eigenvalue weighted by Crippen LogP contribution is -2.15. The number of carbonyl (C=O) groups is 5. The number of Topliss-reactive ketones (excluding diaryl/α,β-unsaturated/α-hetero) is 1. The van der Waals surface area contributed by atoms with Gasteiger partial charge in [-0.1, -0.05) is 13.2 Å². The first-order valence-corrected chi connectivity index (χ1v) is 7.91. The molecule has 0 radical (unpaired) electrons. The Morgan fingerprint density at radius 2 is 1.00 bits per heavy atom. The van der Waals surface area contributed by atoms with E-state index in [2.05, 4.69) is 32.1 Å². The molecule has 27 heavy (non-hydrogen) atoms. The molecule has 0 amide bonds. The molecule has 0 rings (SSSR count). The zero-order valence-corrected chi connectivity index (χ0v) is 16.1. The second kappa shape index (κ2) is 15.3. The Balaban J connectivity index is 0. The van der Waals surface area contributed by atoms with Gasteiger partial charge in [-0.05, 0) is 20.8 Å². The Labute approximate surface area is 158 Å². The van der Waals surface area contributed by atoms with Gasteiger partial charge in [0, 0.05) is 18.1 Å². The topological polar surface area (TPSA) is 122 Å². The maximum atomic E-state index is 10.8. The molecule has 152 valence electrons. The highest BCUT2D eigenvalue weighted by atomic mass is 16.6. The highest BCUT2D eigenvalue weighted by Gasteiger charge is 2.07. The van der Waals surface area contributed by atoms with Gasteiger partial charge >= 0.3 is 23.9 Å². The third kappa shape index (κ3) is 19.2. The van der Waals surface area contributed by atoms with Crippen LogP contribution >= 0.6 is 0 Å². The molecular weight excluding hydrogens is 360 g/mol.